The maximum absolute atomic E-state index is 10.9. The molecule has 0 aliphatic rings. The monoisotopic (exact) mass is 775 g/mol. The third-order valence-electron chi connectivity index (χ3n) is 8.82. The normalized spacial score (nSPS) is 11.7. The van der Waals surface area contributed by atoms with Crippen LogP contribution >= 0.6 is 0 Å². The number of pyridine rings is 2. The van der Waals surface area contributed by atoms with Crippen LogP contribution in [0.2, 0.25) is 0 Å². The molecule has 46 heavy (non-hydrogen) atoms. The number of fused-ring (bicyclic) bond motifs is 6. The van der Waals surface area contributed by atoms with Crippen LogP contribution in [0.15, 0.2) is 109 Å². The van der Waals surface area contributed by atoms with Gasteiger partial charge in [0, 0.05) is 48.8 Å². The van der Waals surface area contributed by atoms with Gasteiger partial charge in [-0.3, -0.25) is 4.57 Å². The van der Waals surface area contributed by atoms with E-state index < -0.39 is 0 Å². The first kappa shape index (κ1) is 29.7. The predicted molar refractivity (Wildman–Crippen MR) is 183 cm³/mol. The summed E-state index contributed by atoms with van der Waals surface area (Å²) >= 11 is 0. The van der Waals surface area contributed by atoms with Gasteiger partial charge in [-0.05, 0) is 47.9 Å². The zero-order valence-electron chi connectivity index (χ0n) is 25.9. The van der Waals surface area contributed by atoms with Gasteiger partial charge >= 0.3 is 0 Å². The van der Waals surface area contributed by atoms with E-state index >= 15 is 0 Å². The Bertz CT molecular complexity index is 2510. The molecule has 4 aromatic heterocycles. The molecule has 0 N–H and O–H groups in total. The van der Waals surface area contributed by atoms with Gasteiger partial charge in [-0.15, -0.1) is 29.8 Å². The second kappa shape index (κ2) is 11.1. The topological polar surface area (TPSA) is 59.4 Å². The molecule has 0 saturated carbocycles. The SMILES string of the molecule is Cc1ccccc1-c1[c-]c(-n2c3ccccc3c3c(C#N)c4c5ccccc5n(-c5cc(C(C)(C)C)ccn5)c4nc32)ccc1.[Pt]. The van der Waals surface area contributed by atoms with Crippen LogP contribution in [-0.4, -0.2) is 19.1 Å². The zero-order valence-corrected chi connectivity index (χ0v) is 28.2. The first-order valence-corrected chi connectivity index (χ1v) is 15.2. The fourth-order valence-electron chi connectivity index (χ4n) is 6.60. The van der Waals surface area contributed by atoms with Crippen LogP contribution in [-0.2, 0) is 26.5 Å². The molecule has 0 atom stereocenters. The Morgan fingerprint density at radius 3 is 2.04 bits per heavy atom. The molecule has 4 aromatic carbocycles. The van der Waals surface area contributed by atoms with E-state index in [9.17, 15) is 5.26 Å². The molecule has 226 valence electrons. The smallest absolute Gasteiger partial charge is 0.150 e. The summed E-state index contributed by atoms with van der Waals surface area (Å²) in [5.41, 5.74) is 9.30. The van der Waals surface area contributed by atoms with E-state index in [-0.39, 0.29) is 26.5 Å². The van der Waals surface area contributed by atoms with Crippen molar-refractivity contribution >= 4 is 43.9 Å². The molecular weight excluding hydrogens is 746 g/mol. The van der Waals surface area contributed by atoms with E-state index in [0.29, 0.717) is 11.2 Å². The van der Waals surface area contributed by atoms with Crippen LogP contribution in [0.3, 0.4) is 0 Å². The predicted octanol–water partition coefficient (Wildman–Crippen LogP) is 9.61. The molecule has 0 bridgehead atoms. The van der Waals surface area contributed by atoms with Gasteiger partial charge in [0.1, 0.15) is 17.5 Å². The van der Waals surface area contributed by atoms with Crippen LogP contribution < -0.4 is 0 Å². The molecule has 0 spiro atoms. The largest absolute Gasteiger partial charge is 0.312 e. The quantitative estimate of drug-likeness (QED) is 0.168. The van der Waals surface area contributed by atoms with Gasteiger partial charge in [0.15, 0.2) is 5.65 Å². The first-order chi connectivity index (χ1) is 21.8. The molecule has 8 rings (SSSR count). The average molecular weight is 776 g/mol. The van der Waals surface area contributed by atoms with Crippen LogP contribution in [0, 0.1) is 24.3 Å². The second-order valence-corrected chi connectivity index (χ2v) is 12.6. The van der Waals surface area contributed by atoms with Crippen molar-refractivity contribution in [1.29, 1.82) is 5.26 Å². The van der Waals surface area contributed by atoms with Gasteiger partial charge in [0.2, 0.25) is 0 Å². The van der Waals surface area contributed by atoms with Crippen LogP contribution in [0.4, 0.5) is 0 Å². The van der Waals surface area contributed by atoms with E-state index in [1.54, 1.807) is 0 Å². The zero-order chi connectivity index (χ0) is 30.9. The van der Waals surface area contributed by atoms with Crippen molar-refractivity contribution in [3.8, 4) is 28.7 Å². The van der Waals surface area contributed by atoms with Crippen LogP contribution in [0.1, 0.15) is 37.5 Å². The van der Waals surface area contributed by atoms with Gasteiger partial charge in [-0.25, -0.2) is 9.97 Å². The van der Waals surface area contributed by atoms with Crippen LogP contribution in [0.5, 0.6) is 0 Å². The first-order valence-electron chi connectivity index (χ1n) is 15.2. The third-order valence-corrected chi connectivity index (χ3v) is 8.82. The molecule has 5 nitrogen and oxygen atoms in total. The number of hydrogen-bond donors (Lipinski definition) is 0. The molecule has 0 aliphatic heterocycles. The minimum Gasteiger partial charge on any atom is -0.312 e. The second-order valence-electron chi connectivity index (χ2n) is 12.6. The summed E-state index contributed by atoms with van der Waals surface area (Å²) in [4.78, 5) is 10.3. The Balaban J connectivity index is 0.00000338. The number of aromatic nitrogens is 4. The van der Waals surface area contributed by atoms with E-state index in [4.69, 9.17) is 9.97 Å². The fraction of sp³-hybridized carbons (Fsp3) is 0.125. The number of hydrogen-bond acceptors (Lipinski definition) is 3. The van der Waals surface area contributed by atoms with E-state index in [2.05, 4.69) is 128 Å². The Kier molecular flexibility index (Phi) is 7.15. The van der Waals surface area contributed by atoms with Gasteiger partial charge in [-0.2, -0.15) is 5.26 Å². The summed E-state index contributed by atoms with van der Waals surface area (Å²) < 4.78 is 4.25. The van der Waals surface area contributed by atoms with Crippen molar-refractivity contribution in [1.82, 2.24) is 19.1 Å². The summed E-state index contributed by atoms with van der Waals surface area (Å²) in [6.45, 7) is 8.73. The molecule has 0 amide bonds. The summed E-state index contributed by atoms with van der Waals surface area (Å²) in [6.07, 6.45) is 1.86. The molecule has 0 radical (unpaired) electrons. The van der Waals surface area contributed by atoms with Crippen molar-refractivity contribution in [2.45, 2.75) is 33.1 Å². The molecule has 0 saturated heterocycles. The molecule has 0 fully saturated rings. The average Bonchev–Trinajstić information content (AvgIpc) is 3.56. The third kappa shape index (κ3) is 4.48. The molecule has 4 heterocycles. The van der Waals surface area contributed by atoms with E-state index in [1.165, 1.54) is 11.1 Å². The Labute approximate surface area is 282 Å². The van der Waals surface area contributed by atoms with Gasteiger partial charge in [0.05, 0.1) is 16.6 Å². The summed E-state index contributed by atoms with van der Waals surface area (Å²) in [6, 6.07) is 41.5. The maximum Gasteiger partial charge on any atom is 0.150 e. The molecule has 0 unspecified atom stereocenters. The standard InChI is InChI=1S/C40H30N5.Pt/c1-25-12-5-6-15-29(25)26-13-11-14-28(22-26)44-33-18-9-7-16-30(33)36-32(24-41)37-31-17-8-10-19-34(31)45(39(37)43-38(36)44)35-23-27(20-21-42-35)40(2,3)4;/h5-21,23H,1-4H3;/q-1;. The minimum atomic E-state index is -0.0562. The van der Waals surface area contributed by atoms with Crippen molar-refractivity contribution < 1.29 is 21.1 Å². The van der Waals surface area contributed by atoms with Crippen molar-refractivity contribution in [3.63, 3.8) is 0 Å². The Morgan fingerprint density at radius 1 is 0.739 bits per heavy atom. The summed E-state index contributed by atoms with van der Waals surface area (Å²) in [5.74, 6) is 0.778. The number of nitrogens with zero attached hydrogens (tertiary/aromatic N) is 5. The Hall–Kier alpha value is -5.04. The van der Waals surface area contributed by atoms with Gasteiger partial charge < -0.3 is 4.57 Å². The van der Waals surface area contributed by atoms with E-state index in [0.717, 1.165) is 60.9 Å². The van der Waals surface area contributed by atoms with Gasteiger partial charge in [-0.1, -0.05) is 92.6 Å². The minimum absolute atomic E-state index is 0. The van der Waals surface area contributed by atoms with Crippen molar-refractivity contribution in [2.24, 2.45) is 0 Å². The Morgan fingerprint density at radius 2 is 1.37 bits per heavy atom. The molecule has 6 heteroatoms. The maximum atomic E-state index is 10.9. The van der Waals surface area contributed by atoms with Crippen molar-refractivity contribution in [2.75, 3.05) is 0 Å². The molecular formula is C40H30N5Pt-. The number of para-hydroxylation sites is 2. The molecule has 0 aliphatic carbocycles. The van der Waals surface area contributed by atoms with Gasteiger partial charge in [0.25, 0.3) is 0 Å². The van der Waals surface area contributed by atoms with Crippen molar-refractivity contribution in [3.05, 3.63) is 132 Å². The summed E-state index contributed by atoms with van der Waals surface area (Å²) in [7, 11) is 0. The summed E-state index contributed by atoms with van der Waals surface area (Å²) in [5, 5.41) is 14.5. The number of rotatable bonds is 3. The number of aryl methyl sites for hydroxylation is 1. The fourth-order valence-corrected chi connectivity index (χ4v) is 6.60. The van der Waals surface area contributed by atoms with Crippen LogP contribution in [0.25, 0.3) is 66.5 Å². The molecule has 8 aromatic rings. The number of nitriles is 1. The van der Waals surface area contributed by atoms with E-state index in [1.807, 2.05) is 30.5 Å². The number of benzene rings is 4.